The van der Waals surface area contributed by atoms with Gasteiger partial charge in [0.2, 0.25) is 0 Å². The maximum atomic E-state index is 9.16. The number of hydrogen-bond donors (Lipinski definition) is 2. The van der Waals surface area contributed by atoms with Gasteiger partial charge in [-0.3, -0.25) is 4.98 Å². The van der Waals surface area contributed by atoms with Gasteiger partial charge in [-0.2, -0.15) is 0 Å². The Balaban J connectivity index is 2.36. The van der Waals surface area contributed by atoms with Crippen molar-refractivity contribution in [1.29, 1.82) is 0 Å². The quantitative estimate of drug-likeness (QED) is 0.811. The average molecular weight is 216 g/mol. The summed E-state index contributed by atoms with van der Waals surface area (Å²) >= 11 is 0. The molecule has 1 aromatic carbocycles. The Labute approximate surface area is 94.9 Å². The van der Waals surface area contributed by atoms with Crippen molar-refractivity contribution in [2.45, 2.75) is 6.42 Å². The number of pyridine rings is 1. The van der Waals surface area contributed by atoms with Crippen LogP contribution in [0.3, 0.4) is 0 Å². The van der Waals surface area contributed by atoms with Gasteiger partial charge in [0.15, 0.2) is 0 Å². The first-order valence-electron chi connectivity index (χ1n) is 5.48. The van der Waals surface area contributed by atoms with E-state index in [2.05, 4.69) is 4.98 Å². The van der Waals surface area contributed by atoms with Gasteiger partial charge >= 0.3 is 0 Å². The van der Waals surface area contributed by atoms with Crippen LogP contribution in [0.2, 0.25) is 0 Å². The second-order valence-electron chi connectivity index (χ2n) is 3.98. The maximum absolute atomic E-state index is 9.16. The summed E-state index contributed by atoms with van der Waals surface area (Å²) in [7, 11) is 0. The fourth-order valence-corrected chi connectivity index (χ4v) is 1.87. The fourth-order valence-electron chi connectivity index (χ4n) is 1.87. The predicted octanol–water partition coefficient (Wildman–Crippen LogP) is 1.34. The molecule has 0 saturated carbocycles. The maximum Gasteiger partial charge on any atom is 0.0734 e. The van der Waals surface area contributed by atoms with Gasteiger partial charge in [-0.25, -0.2) is 0 Å². The minimum atomic E-state index is 0.118. The summed E-state index contributed by atoms with van der Waals surface area (Å²) in [6.45, 7) is 0.624. The highest BCUT2D eigenvalue weighted by Gasteiger charge is 2.09. The molecule has 0 radical (unpaired) electrons. The smallest absolute Gasteiger partial charge is 0.0734 e. The molecular formula is C13H16N2O. The molecule has 1 aromatic heterocycles. The van der Waals surface area contributed by atoms with Crippen LogP contribution in [-0.4, -0.2) is 23.2 Å². The Bertz CT molecular complexity index is 461. The third kappa shape index (κ3) is 2.21. The van der Waals surface area contributed by atoms with Crippen LogP contribution in [0.4, 0.5) is 0 Å². The monoisotopic (exact) mass is 216 g/mol. The zero-order valence-electron chi connectivity index (χ0n) is 9.13. The van der Waals surface area contributed by atoms with Gasteiger partial charge in [-0.05, 0) is 30.5 Å². The molecule has 0 bridgehead atoms. The summed E-state index contributed by atoms with van der Waals surface area (Å²) in [4.78, 5) is 4.38. The first-order valence-corrected chi connectivity index (χ1v) is 5.48. The van der Waals surface area contributed by atoms with Crippen molar-refractivity contribution in [2.75, 3.05) is 13.2 Å². The molecule has 0 fully saturated rings. The van der Waals surface area contributed by atoms with Gasteiger partial charge in [0, 0.05) is 18.2 Å². The molecule has 2 aromatic rings. The lowest BCUT2D eigenvalue weighted by molar-refractivity contribution is 0.230. The minimum Gasteiger partial charge on any atom is -0.396 e. The van der Waals surface area contributed by atoms with Crippen molar-refractivity contribution in [3.8, 4) is 0 Å². The minimum absolute atomic E-state index is 0.118. The van der Waals surface area contributed by atoms with Crippen LogP contribution in [0, 0.1) is 5.92 Å². The topological polar surface area (TPSA) is 59.1 Å². The number of aliphatic hydroxyl groups excluding tert-OH is 1. The third-order valence-electron chi connectivity index (χ3n) is 2.82. The Morgan fingerprint density at radius 2 is 2.06 bits per heavy atom. The van der Waals surface area contributed by atoms with E-state index in [0.29, 0.717) is 6.54 Å². The lowest BCUT2D eigenvalue weighted by Gasteiger charge is -2.12. The van der Waals surface area contributed by atoms with E-state index in [0.717, 1.165) is 22.9 Å². The van der Waals surface area contributed by atoms with Crippen molar-refractivity contribution in [1.82, 2.24) is 4.98 Å². The molecule has 1 heterocycles. The number of benzene rings is 1. The van der Waals surface area contributed by atoms with Crippen molar-refractivity contribution in [3.63, 3.8) is 0 Å². The third-order valence-corrected chi connectivity index (χ3v) is 2.82. The number of nitrogens with zero attached hydrogens (tertiary/aromatic N) is 1. The van der Waals surface area contributed by atoms with Gasteiger partial charge in [0.1, 0.15) is 0 Å². The number of rotatable bonds is 4. The van der Waals surface area contributed by atoms with E-state index in [1.54, 1.807) is 6.20 Å². The van der Waals surface area contributed by atoms with Gasteiger partial charge in [-0.15, -0.1) is 0 Å². The predicted molar refractivity (Wildman–Crippen MR) is 65.1 cm³/mol. The molecule has 3 heteroatoms. The lowest BCUT2D eigenvalue weighted by atomic mass is 9.98. The molecule has 0 amide bonds. The van der Waals surface area contributed by atoms with Gasteiger partial charge in [0.05, 0.1) is 5.52 Å². The first-order chi connectivity index (χ1) is 7.85. The molecule has 2 rings (SSSR count). The van der Waals surface area contributed by atoms with Crippen molar-refractivity contribution < 1.29 is 5.11 Å². The Morgan fingerprint density at radius 3 is 2.81 bits per heavy atom. The molecule has 0 saturated heterocycles. The molecule has 16 heavy (non-hydrogen) atoms. The van der Waals surface area contributed by atoms with E-state index >= 15 is 0 Å². The summed E-state index contributed by atoms with van der Waals surface area (Å²) in [6, 6.07) is 10.1. The number of aromatic nitrogens is 1. The van der Waals surface area contributed by atoms with Crippen LogP contribution >= 0.6 is 0 Å². The zero-order valence-corrected chi connectivity index (χ0v) is 9.13. The van der Waals surface area contributed by atoms with Crippen LogP contribution in [0.5, 0.6) is 0 Å². The normalized spacial score (nSPS) is 12.9. The standard InChI is InChI=1S/C13H16N2O/c14-8-10(9-16)7-12-4-1-3-11-5-2-6-15-13(11)12/h1-6,10,16H,7-9,14H2. The summed E-state index contributed by atoms with van der Waals surface area (Å²) in [6.07, 6.45) is 2.57. The van der Waals surface area contributed by atoms with Crippen LogP contribution in [0.25, 0.3) is 10.9 Å². The summed E-state index contributed by atoms with van der Waals surface area (Å²) in [5, 5.41) is 10.3. The van der Waals surface area contributed by atoms with Crippen molar-refractivity contribution in [3.05, 3.63) is 42.1 Å². The second kappa shape index (κ2) is 5.05. The Hall–Kier alpha value is -1.45. The van der Waals surface area contributed by atoms with Crippen molar-refractivity contribution >= 4 is 10.9 Å². The highest BCUT2D eigenvalue weighted by atomic mass is 16.3. The Morgan fingerprint density at radius 1 is 1.25 bits per heavy atom. The highest BCUT2D eigenvalue weighted by molar-refractivity contribution is 5.81. The average Bonchev–Trinajstić information content (AvgIpc) is 2.36. The number of para-hydroxylation sites is 1. The van der Waals surface area contributed by atoms with Gasteiger partial charge in [-0.1, -0.05) is 24.3 Å². The number of fused-ring (bicyclic) bond motifs is 1. The fraction of sp³-hybridized carbons (Fsp3) is 0.308. The molecular weight excluding hydrogens is 200 g/mol. The van der Waals surface area contributed by atoms with E-state index in [-0.39, 0.29) is 12.5 Å². The van der Waals surface area contributed by atoms with Crippen LogP contribution in [0.15, 0.2) is 36.5 Å². The highest BCUT2D eigenvalue weighted by Crippen LogP contribution is 2.18. The zero-order chi connectivity index (χ0) is 11.4. The molecule has 1 atom stereocenters. The molecule has 0 spiro atoms. The molecule has 1 unspecified atom stereocenters. The molecule has 84 valence electrons. The van der Waals surface area contributed by atoms with E-state index in [1.165, 1.54) is 0 Å². The number of nitrogens with two attached hydrogens (primary N) is 1. The Kier molecular flexibility index (Phi) is 3.49. The summed E-state index contributed by atoms with van der Waals surface area (Å²) in [5.74, 6) is 0.118. The van der Waals surface area contributed by atoms with E-state index < -0.39 is 0 Å². The number of hydrogen-bond acceptors (Lipinski definition) is 3. The van der Waals surface area contributed by atoms with Gasteiger partial charge in [0.25, 0.3) is 0 Å². The summed E-state index contributed by atoms with van der Waals surface area (Å²) in [5.41, 5.74) is 7.76. The van der Waals surface area contributed by atoms with Crippen LogP contribution < -0.4 is 5.73 Å². The van der Waals surface area contributed by atoms with E-state index in [4.69, 9.17) is 10.8 Å². The molecule has 0 aliphatic rings. The van der Waals surface area contributed by atoms with E-state index in [1.807, 2.05) is 30.3 Å². The molecule has 0 aliphatic heterocycles. The van der Waals surface area contributed by atoms with Crippen LogP contribution in [-0.2, 0) is 6.42 Å². The largest absolute Gasteiger partial charge is 0.396 e. The van der Waals surface area contributed by atoms with Crippen LogP contribution in [0.1, 0.15) is 5.56 Å². The summed E-state index contributed by atoms with van der Waals surface area (Å²) < 4.78 is 0. The first kappa shape index (κ1) is 11.0. The molecule has 0 aliphatic carbocycles. The molecule has 3 N–H and O–H groups in total. The van der Waals surface area contributed by atoms with Gasteiger partial charge < -0.3 is 10.8 Å². The molecule has 3 nitrogen and oxygen atoms in total. The van der Waals surface area contributed by atoms with E-state index in [9.17, 15) is 0 Å². The number of aliphatic hydroxyl groups is 1. The SMILES string of the molecule is NCC(CO)Cc1cccc2cccnc12. The van der Waals surface area contributed by atoms with Crippen molar-refractivity contribution in [2.24, 2.45) is 11.7 Å². The second-order valence-corrected chi connectivity index (χ2v) is 3.98. The lowest BCUT2D eigenvalue weighted by Crippen LogP contribution is -2.20.